The number of hydrogen-bond donors (Lipinski definition) is 2. The Morgan fingerprint density at radius 1 is 1.37 bits per heavy atom. The van der Waals surface area contributed by atoms with Gasteiger partial charge in [0.2, 0.25) is 5.91 Å². The van der Waals surface area contributed by atoms with Gasteiger partial charge in [-0.2, -0.15) is 0 Å². The molecule has 0 aliphatic carbocycles. The van der Waals surface area contributed by atoms with Crippen LogP contribution >= 0.6 is 0 Å². The number of rotatable bonds is 6. The van der Waals surface area contributed by atoms with E-state index >= 15 is 0 Å². The molecule has 0 radical (unpaired) electrons. The van der Waals surface area contributed by atoms with Gasteiger partial charge in [-0.3, -0.25) is 9.69 Å². The number of carbonyl (C=O) groups is 1. The van der Waals surface area contributed by atoms with E-state index < -0.39 is 0 Å². The summed E-state index contributed by atoms with van der Waals surface area (Å²) in [5.41, 5.74) is 6.90. The lowest BCUT2D eigenvalue weighted by molar-refractivity contribution is -0.122. The normalized spacial score (nSPS) is 19.5. The average molecular weight is 261 g/mol. The first-order valence-electron chi connectivity index (χ1n) is 7.01. The fourth-order valence-corrected chi connectivity index (χ4v) is 2.50. The van der Waals surface area contributed by atoms with Crippen LogP contribution in [-0.2, 0) is 11.2 Å². The van der Waals surface area contributed by atoms with E-state index in [1.165, 1.54) is 5.56 Å². The van der Waals surface area contributed by atoms with Crippen molar-refractivity contribution in [3.05, 3.63) is 35.9 Å². The molecule has 104 valence electrons. The zero-order chi connectivity index (χ0) is 13.5. The molecular weight excluding hydrogens is 238 g/mol. The van der Waals surface area contributed by atoms with Crippen molar-refractivity contribution in [3.63, 3.8) is 0 Å². The summed E-state index contributed by atoms with van der Waals surface area (Å²) in [4.78, 5) is 14.0. The molecule has 1 amide bonds. The predicted octanol–water partition coefficient (Wildman–Crippen LogP) is 0.626. The SMILES string of the molecule is NCC1CCN(CC(=O)NCCc2ccccc2)C1. The van der Waals surface area contributed by atoms with Crippen molar-refractivity contribution >= 4 is 5.91 Å². The van der Waals surface area contributed by atoms with E-state index in [0.29, 0.717) is 19.0 Å². The molecule has 4 heteroatoms. The smallest absolute Gasteiger partial charge is 0.234 e. The lowest BCUT2D eigenvalue weighted by Gasteiger charge is -2.15. The summed E-state index contributed by atoms with van der Waals surface area (Å²) in [6.07, 6.45) is 2.01. The molecule has 1 aliphatic heterocycles. The van der Waals surface area contributed by atoms with Crippen molar-refractivity contribution in [2.45, 2.75) is 12.8 Å². The second-order valence-corrected chi connectivity index (χ2v) is 5.21. The molecular formula is C15H23N3O. The molecule has 0 saturated carbocycles. The first-order valence-corrected chi connectivity index (χ1v) is 7.01. The average Bonchev–Trinajstić information content (AvgIpc) is 2.87. The third-order valence-electron chi connectivity index (χ3n) is 3.65. The van der Waals surface area contributed by atoms with Crippen LogP contribution in [0.4, 0.5) is 0 Å². The Labute approximate surface area is 115 Å². The van der Waals surface area contributed by atoms with Gasteiger partial charge < -0.3 is 11.1 Å². The number of carbonyl (C=O) groups excluding carboxylic acids is 1. The number of amides is 1. The Morgan fingerprint density at radius 3 is 2.84 bits per heavy atom. The van der Waals surface area contributed by atoms with Crippen molar-refractivity contribution in [3.8, 4) is 0 Å². The van der Waals surface area contributed by atoms with Gasteiger partial charge in [0.1, 0.15) is 0 Å². The second kappa shape index (κ2) is 7.26. The van der Waals surface area contributed by atoms with E-state index in [-0.39, 0.29) is 5.91 Å². The number of nitrogens with two attached hydrogens (primary N) is 1. The van der Waals surface area contributed by atoms with Crippen LogP contribution in [0.5, 0.6) is 0 Å². The molecule has 0 bridgehead atoms. The van der Waals surface area contributed by atoms with Crippen molar-refractivity contribution in [1.82, 2.24) is 10.2 Å². The van der Waals surface area contributed by atoms with Crippen LogP contribution in [0.1, 0.15) is 12.0 Å². The molecule has 1 unspecified atom stereocenters. The molecule has 1 heterocycles. The molecule has 1 aromatic carbocycles. The molecule has 19 heavy (non-hydrogen) atoms. The maximum Gasteiger partial charge on any atom is 0.234 e. The molecule has 1 atom stereocenters. The number of benzene rings is 1. The topological polar surface area (TPSA) is 58.4 Å². The van der Waals surface area contributed by atoms with Crippen LogP contribution < -0.4 is 11.1 Å². The maximum atomic E-state index is 11.8. The predicted molar refractivity (Wildman–Crippen MR) is 76.8 cm³/mol. The van der Waals surface area contributed by atoms with Crippen LogP contribution in [0.15, 0.2) is 30.3 Å². The molecule has 4 nitrogen and oxygen atoms in total. The highest BCUT2D eigenvalue weighted by Crippen LogP contribution is 2.13. The van der Waals surface area contributed by atoms with E-state index in [1.807, 2.05) is 18.2 Å². The van der Waals surface area contributed by atoms with Gasteiger partial charge in [0.25, 0.3) is 0 Å². The van der Waals surface area contributed by atoms with Gasteiger partial charge in [0.05, 0.1) is 6.54 Å². The summed E-state index contributed by atoms with van der Waals surface area (Å²) in [5.74, 6) is 0.686. The molecule has 0 spiro atoms. The van der Waals surface area contributed by atoms with Gasteiger partial charge >= 0.3 is 0 Å². The molecule has 1 saturated heterocycles. The van der Waals surface area contributed by atoms with E-state index in [9.17, 15) is 4.79 Å². The van der Waals surface area contributed by atoms with Gasteiger partial charge in [-0.1, -0.05) is 30.3 Å². The molecule has 3 N–H and O–H groups in total. The fraction of sp³-hybridized carbons (Fsp3) is 0.533. The summed E-state index contributed by atoms with van der Waals surface area (Å²) < 4.78 is 0. The number of nitrogens with one attached hydrogen (secondary N) is 1. The van der Waals surface area contributed by atoms with Gasteiger partial charge in [-0.15, -0.1) is 0 Å². The van der Waals surface area contributed by atoms with E-state index in [1.54, 1.807) is 0 Å². The van der Waals surface area contributed by atoms with E-state index in [2.05, 4.69) is 22.3 Å². The number of hydrogen-bond acceptors (Lipinski definition) is 3. The molecule has 2 rings (SSSR count). The van der Waals surface area contributed by atoms with Crippen LogP contribution in [0.3, 0.4) is 0 Å². The second-order valence-electron chi connectivity index (χ2n) is 5.21. The highest BCUT2D eigenvalue weighted by molar-refractivity contribution is 5.78. The number of likely N-dealkylation sites (tertiary alicyclic amines) is 1. The molecule has 0 aromatic heterocycles. The van der Waals surface area contributed by atoms with Gasteiger partial charge in [-0.05, 0) is 37.4 Å². The number of nitrogens with zero attached hydrogens (tertiary/aromatic N) is 1. The first kappa shape index (κ1) is 14.0. The van der Waals surface area contributed by atoms with E-state index in [4.69, 9.17) is 5.73 Å². The van der Waals surface area contributed by atoms with Crippen molar-refractivity contribution in [2.75, 3.05) is 32.7 Å². The third-order valence-corrected chi connectivity index (χ3v) is 3.65. The van der Waals surface area contributed by atoms with Crippen LogP contribution in [-0.4, -0.2) is 43.5 Å². The zero-order valence-corrected chi connectivity index (χ0v) is 11.3. The van der Waals surface area contributed by atoms with Crippen molar-refractivity contribution in [2.24, 2.45) is 11.7 Å². The Balaban J connectivity index is 1.63. The summed E-state index contributed by atoms with van der Waals surface area (Å²) >= 11 is 0. The van der Waals surface area contributed by atoms with Crippen LogP contribution in [0.25, 0.3) is 0 Å². The highest BCUT2D eigenvalue weighted by Gasteiger charge is 2.22. The van der Waals surface area contributed by atoms with E-state index in [0.717, 1.165) is 32.5 Å². The third kappa shape index (κ3) is 4.65. The van der Waals surface area contributed by atoms with Crippen LogP contribution in [0.2, 0.25) is 0 Å². The van der Waals surface area contributed by atoms with Gasteiger partial charge in [0.15, 0.2) is 0 Å². The van der Waals surface area contributed by atoms with Crippen molar-refractivity contribution in [1.29, 1.82) is 0 Å². The maximum absolute atomic E-state index is 11.8. The standard InChI is InChI=1S/C15H23N3O/c16-10-14-7-9-18(11-14)12-15(19)17-8-6-13-4-2-1-3-5-13/h1-5,14H,6-12,16H2,(H,17,19). The van der Waals surface area contributed by atoms with Crippen LogP contribution in [0, 0.1) is 5.92 Å². The van der Waals surface area contributed by atoms with Gasteiger partial charge in [-0.25, -0.2) is 0 Å². The monoisotopic (exact) mass is 261 g/mol. The minimum absolute atomic E-state index is 0.119. The van der Waals surface area contributed by atoms with Gasteiger partial charge in [0, 0.05) is 13.1 Å². The lowest BCUT2D eigenvalue weighted by Crippen LogP contribution is -2.37. The highest BCUT2D eigenvalue weighted by atomic mass is 16.2. The Kier molecular flexibility index (Phi) is 5.36. The molecule has 1 aromatic rings. The molecule has 1 fully saturated rings. The summed E-state index contributed by atoms with van der Waals surface area (Å²) in [6, 6.07) is 10.2. The Hall–Kier alpha value is -1.39. The summed E-state index contributed by atoms with van der Waals surface area (Å²) in [6.45, 7) is 3.89. The summed E-state index contributed by atoms with van der Waals surface area (Å²) in [5, 5.41) is 2.98. The summed E-state index contributed by atoms with van der Waals surface area (Å²) in [7, 11) is 0. The lowest BCUT2D eigenvalue weighted by atomic mass is 10.1. The minimum atomic E-state index is 0.119. The molecule has 1 aliphatic rings. The fourth-order valence-electron chi connectivity index (χ4n) is 2.50. The quantitative estimate of drug-likeness (QED) is 0.789. The zero-order valence-electron chi connectivity index (χ0n) is 11.3. The first-order chi connectivity index (χ1) is 9.28. The largest absolute Gasteiger partial charge is 0.355 e. The van der Waals surface area contributed by atoms with Crippen molar-refractivity contribution < 1.29 is 4.79 Å². The minimum Gasteiger partial charge on any atom is -0.355 e. The Morgan fingerprint density at radius 2 is 2.16 bits per heavy atom. The Bertz CT molecular complexity index is 394.